The predicted molar refractivity (Wildman–Crippen MR) is 87.9 cm³/mol. The highest BCUT2D eigenvalue weighted by Crippen LogP contribution is 2.11. The summed E-state index contributed by atoms with van der Waals surface area (Å²) >= 11 is 0. The van der Waals surface area contributed by atoms with Crippen LogP contribution < -0.4 is 15.7 Å². The van der Waals surface area contributed by atoms with Gasteiger partial charge in [0.05, 0.1) is 18.1 Å². The molecule has 118 valence electrons. The van der Waals surface area contributed by atoms with E-state index >= 15 is 0 Å². The van der Waals surface area contributed by atoms with Gasteiger partial charge >= 0.3 is 5.69 Å². The molecular weight excluding hydrogens is 294 g/mol. The average molecular weight is 311 g/mol. The topological polar surface area (TPSA) is 76.1 Å². The quantitative estimate of drug-likeness (QED) is 0.754. The van der Waals surface area contributed by atoms with E-state index in [1.807, 2.05) is 24.3 Å². The van der Waals surface area contributed by atoms with Crippen molar-refractivity contribution in [3.05, 3.63) is 64.6 Å². The van der Waals surface area contributed by atoms with Crippen molar-refractivity contribution in [1.29, 1.82) is 0 Å². The van der Waals surface area contributed by atoms with Gasteiger partial charge in [-0.3, -0.25) is 9.36 Å². The molecule has 0 atom stereocenters. The van der Waals surface area contributed by atoms with E-state index in [-0.39, 0.29) is 11.6 Å². The van der Waals surface area contributed by atoms with Gasteiger partial charge in [-0.2, -0.15) is 0 Å². The smallest absolute Gasteiger partial charge is 0.326 e. The normalized spacial score (nSPS) is 10.7. The van der Waals surface area contributed by atoms with Crippen molar-refractivity contribution in [1.82, 2.24) is 14.9 Å². The first-order valence-corrected chi connectivity index (χ1v) is 7.29. The number of methoxy groups -OCH3 is 1. The Hall–Kier alpha value is -3.02. The Bertz CT molecular complexity index is 878. The van der Waals surface area contributed by atoms with Gasteiger partial charge in [-0.25, -0.2) is 4.79 Å². The zero-order valence-electron chi connectivity index (χ0n) is 12.7. The lowest BCUT2D eigenvalue weighted by Gasteiger charge is -2.07. The molecule has 0 aliphatic heterocycles. The van der Waals surface area contributed by atoms with Crippen molar-refractivity contribution in [3.8, 4) is 5.75 Å². The zero-order chi connectivity index (χ0) is 16.2. The molecule has 0 bridgehead atoms. The Morgan fingerprint density at radius 1 is 1.17 bits per heavy atom. The second-order valence-corrected chi connectivity index (χ2v) is 5.08. The van der Waals surface area contributed by atoms with Gasteiger partial charge in [0.2, 0.25) is 0 Å². The molecule has 1 amide bonds. The minimum atomic E-state index is -0.180. The van der Waals surface area contributed by atoms with E-state index in [9.17, 15) is 9.59 Å². The molecule has 23 heavy (non-hydrogen) atoms. The fourth-order valence-corrected chi connectivity index (χ4v) is 2.45. The number of H-pyrrole nitrogens is 1. The van der Waals surface area contributed by atoms with Crippen LogP contribution in [-0.2, 0) is 6.54 Å². The number of aromatic nitrogens is 2. The number of benzene rings is 2. The van der Waals surface area contributed by atoms with E-state index < -0.39 is 0 Å². The van der Waals surface area contributed by atoms with Crippen LogP contribution in [0.4, 0.5) is 0 Å². The first-order chi connectivity index (χ1) is 11.2. The monoisotopic (exact) mass is 311 g/mol. The largest absolute Gasteiger partial charge is 0.497 e. The van der Waals surface area contributed by atoms with Crippen LogP contribution in [0.1, 0.15) is 10.4 Å². The number of imidazole rings is 1. The molecule has 0 saturated carbocycles. The Morgan fingerprint density at radius 3 is 2.65 bits per heavy atom. The van der Waals surface area contributed by atoms with Crippen LogP contribution in [-0.4, -0.2) is 29.1 Å². The fourth-order valence-electron chi connectivity index (χ4n) is 2.45. The molecule has 2 aromatic carbocycles. The van der Waals surface area contributed by atoms with Crippen LogP contribution in [0.2, 0.25) is 0 Å². The molecule has 0 aliphatic carbocycles. The number of hydrogen-bond acceptors (Lipinski definition) is 3. The van der Waals surface area contributed by atoms with Gasteiger partial charge in [0, 0.05) is 18.7 Å². The van der Waals surface area contributed by atoms with Crippen LogP contribution in [0.25, 0.3) is 11.0 Å². The second kappa shape index (κ2) is 6.39. The number of fused-ring (bicyclic) bond motifs is 1. The summed E-state index contributed by atoms with van der Waals surface area (Å²) in [6.07, 6.45) is 0. The third-order valence-electron chi connectivity index (χ3n) is 3.65. The molecule has 0 saturated heterocycles. The number of rotatable bonds is 5. The van der Waals surface area contributed by atoms with Crippen molar-refractivity contribution in [3.63, 3.8) is 0 Å². The number of carbonyl (C=O) groups excluding carboxylic acids is 1. The molecule has 1 heterocycles. The van der Waals surface area contributed by atoms with Gasteiger partial charge in [-0.15, -0.1) is 0 Å². The molecular formula is C17H17N3O3. The maximum atomic E-state index is 12.1. The Balaban J connectivity index is 1.65. The van der Waals surface area contributed by atoms with E-state index in [4.69, 9.17) is 4.74 Å². The SMILES string of the molecule is COc1ccc(C(=O)NCCn2c(=O)[nH]c3ccccc32)cc1. The minimum Gasteiger partial charge on any atom is -0.497 e. The minimum absolute atomic E-state index is 0.176. The summed E-state index contributed by atoms with van der Waals surface area (Å²) < 4.78 is 6.67. The summed E-state index contributed by atoms with van der Waals surface area (Å²) in [5.74, 6) is 0.521. The first-order valence-electron chi connectivity index (χ1n) is 7.29. The standard InChI is InChI=1S/C17H17N3O3/c1-23-13-8-6-12(7-9-13)16(21)18-10-11-20-15-5-3-2-4-14(15)19-17(20)22/h2-9H,10-11H2,1H3,(H,18,21)(H,19,22). The van der Waals surface area contributed by atoms with Crippen molar-refractivity contribution < 1.29 is 9.53 Å². The molecule has 0 radical (unpaired) electrons. The number of nitrogens with one attached hydrogen (secondary N) is 2. The summed E-state index contributed by atoms with van der Waals surface area (Å²) in [5.41, 5.74) is 2.00. The lowest BCUT2D eigenvalue weighted by atomic mass is 10.2. The molecule has 6 heteroatoms. The molecule has 2 N–H and O–H groups in total. The molecule has 3 rings (SSSR count). The average Bonchev–Trinajstić information content (AvgIpc) is 2.90. The summed E-state index contributed by atoms with van der Waals surface area (Å²) in [5, 5.41) is 2.81. The third-order valence-corrected chi connectivity index (χ3v) is 3.65. The van der Waals surface area contributed by atoms with Gasteiger partial charge in [0.15, 0.2) is 0 Å². The van der Waals surface area contributed by atoms with Gasteiger partial charge in [-0.05, 0) is 36.4 Å². The highest BCUT2D eigenvalue weighted by molar-refractivity contribution is 5.94. The molecule has 3 aromatic rings. The molecule has 0 fully saturated rings. The fraction of sp³-hybridized carbons (Fsp3) is 0.176. The van der Waals surface area contributed by atoms with Crippen molar-refractivity contribution in [2.75, 3.05) is 13.7 Å². The Labute approximate surface area is 132 Å². The van der Waals surface area contributed by atoms with Crippen molar-refractivity contribution >= 4 is 16.9 Å². The molecule has 6 nitrogen and oxygen atoms in total. The van der Waals surface area contributed by atoms with Gasteiger partial charge in [0.1, 0.15) is 5.75 Å². The highest BCUT2D eigenvalue weighted by atomic mass is 16.5. The first kappa shape index (κ1) is 14.9. The predicted octanol–water partition coefficient (Wildman–Crippen LogP) is 1.77. The summed E-state index contributed by atoms with van der Waals surface area (Å²) in [4.78, 5) is 26.8. The second-order valence-electron chi connectivity index (χ2n) is 5.08. The number of amides is 1. The highest BCUT2D eigenvalue weighted by Gasteiger charge is 2.08. The molecule has 0 unspecified atom stereocenters. The van der Waals surface area contributed by atoms with E-state index in [0.717, 1.165) is 11.0 Å². The number of carbonyl (C=O) groups is 1. The number of aromatic amines is 1. The molecule has 1 aromatic heterocycles. The summed E-state index contributed by atoms with van der Waals surface area (Å²) in [6.45, 7) is 0.775. The Morgan fingerprint density at radius 2 is 1.91 bits per heavy atom. The number of para-hydroxylation sites is 2. The van der Waals surface area contributed by atoms with Gasteiger partial charge < -0.3 is 15.0 Å². The maximum absolute atomic E-state index is 12.1. The number of nitrogens with zero attached hydrogens (tertiary/aromatic N) is 1. The van der Waals surface area contributed by atoms with Crippen LogP contribution in [0.3, 0.4) is 0 Å². The van der Waals surface area contributed by atoms with Crippen LogP contribution in [0.15, 0.2) is 53.3 Å². The lowest BCUT2D eigenvalue weighted by Crippen LogP contribution is -2.30. The van der Waals surface area contributed by atoms with E-state index in [0.29, 0.717) is 24.4 Å². The third kappa shape index (κ3) is 3.11. The van der Waals surface area contributed by atoms with E-state index in [2.05, 4.69) is 10.3 Å². The van der Waals surface area contributed by atoms with Crippen LogP contribution in [0, 0.1) is 0 Å². The summed E-state index contributed by atoms with van der Waals surface area (Å²) in [6, 6.07) is 14.3. The van der Waals surface area contributed by atoms with Gasteiger partial charge in [0.25, 0.3) is 5.91 Å². The molecule has 0 aliphatic rings. The molecule has 0 spiro atoms. The van der Waals surface area contributed by atoms with E-state index in [1.165, 1.54) is 0 Å². The number of ether oxygens (including phenoxy) is 1. The van der Waals surface area contributed by atoms with Gasteiger partial charge in [-0.1, -0.05) is 12.1 Å². The van der Waals surface area contributed by atoms with Crippen molar-refractivity contribution in [2.45, 2.75) is 6.54 Å². The summed E-state index contributed by atoms with van der Waals surface area (Å²) in [7, 11) is 1.58. The lowest BCUT2D eigenvalue weighted by molar-refractivity contribution is 0.0952. The van der Waals surface area contributed by atoms with E-state index in [1.54, 1.807) is 35.9 Å². The van der Waals surface area contributed by atoms with Crippen LogP contribution >= 0.6 is 0 Å². The maximum Gasteiger partial charge on any atom is 0.326 e. The number of hydrogen-bond donors (Lipinski definition) is 2. The van der Waals surface area contributed by atoms with Crippen LogP contribution in [0.5, 0.6) is 5.75 Å². The zero-order valence-corrected chi connectivity index (χ0v) is 12.7. The van der Waals surface area contributed by atoms with Crippen molar-refractivity contribution in [2.24, 2.45) is 0 Å². The Kier molecular flexibility index (Phi) is 4.14.